The molecule has 7 nitrogen and oxygen atoms in total. The lowest BCUT2D eigenvalue weighted by atomic mass is 10.1. The van der Waals surface area contributed by atoms with Gasteiger partial charge in [0, 0.05) is 25.6 Å². The molecule has 0 aliphatic rings. The van der Waals surface area contributed by atoms with Gasteiger partial charge in [0.2, 0.25) is 21.8 Å². The molecule has 2 aromatic rings. The molecule has 0 saturated heterocycles. The van der Waals surface area contributed by atoms with Crippen LogP contribution in [0.1, 0.15) is 51.2 Å². The number of carbonyl (C=O) groups excluding carboxylic acids is 2. The molecule has 9 heteroatoms. The summed E-state index contributed by atoms with van der Waals surface area (Å²) in [5, 5.41) is 2.90. The highest BCUT2D eigenvalue weighted by Gasteiger charge is 2.27. The zero-order chi connectivity index (χ0) is 26.2. The highest BCUT2D eigenvalue weighted by Crippen LogP contribution is 2.23. The van der Waals surface area contributed by atoms with Crippen molar-refractivity contribution in [3.05, 3.63) is 65.5 Å². The van der Waals surface area contributed by atoms with Crippen LogP contribution in [0.5, 0.6) is 0 Å². The first kappa shape index (κ1) is 28.3. The van der Waals surface area contributed by atoms with Gasteiger partial charge in [0.1, 0.15) is 11.9 Å². The highest BCUT2D eigenvalue weighted by molar-refractivity contribution is 7.92. The van der Waals surface area contributed by atoms with Gasteiger partial charge in [-0.2, -0.15) is 0 Å². The maximum atomic E-state index is 13.4. The number of nitrogens with zero attached hydrogens (tertiary/aromatic N) is 2. The van der Waals surface area contributed by atoms with Crippen molar-refractivity contribution in [1.82, 2.24) is 10.2 Å². The maximum absolute atomic E-state index is 13.4. The number of hydrogen-bond acceptors (Lipinski definition) is 4. The Morgan fingerprint density at radius 2 is 1.69 bits per heavy atom. The number of aryl methyl sites for hydroxylation is 1. The standard InChI is InChI=1S/C26H36FN3O4S/c1-6-20(3)28-26(32)21(4)29(18-22-13-15-23(27)16-14-22)25(31)12-9-17-30(35(5,33)34)24-11-8-7-10-19(24)2/h7-8,10-11,13-16,20-21H,6,9,12,17-18H2,1-5H3,(H,28,32)/t20-,21+/m0/s1. The van der Waals surface area contributed by atoms with Crippen LogP contribution in [0.4, 0.5) is 10.1 Å². The highest BCUT2D eigenvalue weighted by atomic mass is 32.2. The Balaban J connectivity index is 2.17. The van der Waals surface area contributed by atoms with E-state index in [0.29, 0.717) is 11.3 Å². The van der Waals surface area contributed by atoms with E-state index in [-0.39, 0.29) is 49.6 Å². The van der Waals surface area contributed by atoms with Crippen LogP contribution in [0.3, 0.4) is 0 Å². The monoisotopic (exact) mass is 505 g/mol. The molecule has 0 heterocycles. The molecule has 0 saturated carbocycles. The smallest absolute Gasteiger partial charge is 0.242 e. The van der Waals surface area contributed by atoms with E-state index < -0.39 is 16.1 Å². The van der Waals surface area contributed by atoms with Crippen LogP contribution >= 0.6 is 0 Å². The molecule has 0 fully saturated rings. The van der Waals surface area contributed by atoms with Gasteiger partial charge in [0.15, 0.2) is 0 Å². The zero-order valence-electron chi connectivity index (χ0n) is 21.1. The predicted octanol–water partition coefficient (Wildman–Crippen LogP) is 4.01. The van der Waals surface area contributed by atoms with E-state index in [2.05, 4.69) is 5.32 Å². The SMILES string of the molecule is CC[C@H](C)NC(=O)[C@@H](C)N(Cc1ccc(F)cc1)C(=O)CCCN(c1ccccc1C)S(C)(=O)=O. The lowest BCUT2D eigenvalue weighted by Crippen LogP contribution is -2.49. The Hall–Kier alpha value is -2.94. The summed E-state index contributed by atoms with van der Waals surface area (Å²) in [6, 6.07) is 12.2. The fraction of sp³-hybridized carbons (Fsp3) is 0.462. The van der Waals surface area contributed by atoms with Gasteiger partial charge >= 0.3 is 0 Å². The van der Waals surface area contributed by atoms with Crippen LogP contribution in [0.2, 0.25) is 0 Å². The molecule has 2 amide bonds. The second kappa shape index (κ2) is 12.7. The molecule has 2 atom stereocenters. The molecule has 0 spiro atoms. The van der Waals surface area contributed by atoms with Crippen molar-refractivity contribution in [2.75, 3.05) is 17.1 Å². The molecule has 0 bridgehead atoms. The van der Waals surface area contributed by atoms with E-state index >= 15 is 0 Å². The van der Waals surface area contributed by atoms with Crippen molar-refractivity contribution in [2.45, 2.75) is 65.6 Å². The van der Waals surface area contributed by atoms with Crippen molar-refractivity contribution in [2.24, 2.45) is 0 Å². The third kappa shape index (κ3) is 8.35. The summed E-state index contributed by atoms with van der Waals surface area (Å²) in [7, 11) is -3.55. The minimum absolute atomic E-state index is 0.0369. The van der Waals surface area contributed by atoms with Crippen LogP contribution in [0.25, 0.3) is 0 Å². The summed E-state index contributed by atoms with van der Waals surface area (Å²) in [4.78, 5) is 27.5. The Bertz CT molecular complexity index is 1110. The topological polar surface area (TPSA) is 86.8 Å². The quantitative estimate of drug-likeness (QED) is 0.472. The first-order chi connectivity index (χ1) is 16.4. The second-order valence-corrected chi connectivity index (χ2v) is 10.8. The molecule has 0 aliphatic carbocycles. The average molecular weight is 506 g/mol. The summed E-state index contributed by atoms with van der Waals surface area (Å²) in [6.07, 6.45) is 2.23. The second-order valence-electron chi connectivity index (χ2n) is 8.87. The van der Waals surface area contributed by atoms with Crippen LogP contribution in [-0.4, -0.2) is 50.0 Å². The molecular formula is C26H36FN3O4S. The molecule has 0 aliphatic heterocycles. The van der Waals surface area contributed by atoms with Gasteiger partial charge in [-0.3, -0.25) is 13.9 Å². The summed E-state index contributed by atoms with van der Waals surface area (Å²) >= 11 is 0. The van der Waals surface area contributed by atoms with Gasteiger partial charge < -0.3 is 10.2 Å². The van der Waals surface area contributed by atoms with Gasteiger partial charge in [-0.25, -0.2) is 12.8 Å². The van der Waals surface area contributed by atoms with Crippen LogP contribution in [0, 0.1) is 12.7 Å². The number of halogens is 1. The first-order valence-electron chi connectivity index (χ1n) is 11.8. The van der Waals surface area contributed by atoms with Crippen LogP contribution in [-0.2, 0) is 26.2 Å². The third-order valence-corrected chi connectivity index (χ3v) is 7.15. The fourth-order valence-corrected chi connectivity index (χ4v) is 4.68. The molecule has 192 valence electrons. The Kier molecular flexibility index (Phi) is 10.2. The minimum atomic E-state index is -3.55. The van der Waals surface area contributed by atoms with Gasteiger partial charge in [-0.15, -0.1) is 0 Å². The number of carbonyl (C=O) groups is 2. The Labute approximate surface area is 208 Å². The van der Waals surface area contributed by atoms with Crippen molar-refractivity contribution in [3.63, 3.8) is 0 Å². The van der Waals surface area contributed by atoms with Gasteiger partial charge in [0.25, 0.3) is 0 Å². The molecule has 0 radical (unpaired) electrons. The largest absolute Gasteiger partial charge is 0.352 e. The van der Waals surface area contributed by atoms with E-state index in [4.69, 9.17) is 0 Å². The normalized spacial score (nSPS) is 13.1. The number of amides is 2. The van der Waals surface area contributed by atoms with Crippen LogP contribution in [0.15, 0.2) is 48.5 Å². The number of hydrogen-bond donors (Lipinski definition) is 1. The van der Waals surface area contributed by atoms with Gasteiger partial charge in [0.05, 0.1) is 11.9 Å². The number of para-hydroxylation sites is 1. The van der Waals surface area contributed by atoms with Crippen molar-refractivity contribution in [1.29, 1.82) is 0 Å². The molecule has 35 heavy (non-hydrogen) atoms. The van der Waals surface area contributed by atoms with E-state index in [1.54, 1.807) is 31.2 Å². The Morgan fingerprint density at radius 1 is 1.06 bits per heavy atom. The maximum Gasteiger partial charge on any atom is 0.242 e. The molecule has 0 aromatic heterocycles. The Morgan fingerprint density at radius 3 is 2.26 bits per heavy atom. The number of benzene rings is 2. The summed E-state index contributed by atoms with van der Waals surface area (Å²) in [6.45, 7) is 7.62. The van der Waals surface area contributed by atoms with E-state index in [1.807, 2.05) is 32.9 Å². The summed E-state index contributed by atoms with van der Waals surface area (Å²) < 4.78 is 39.5. The lowest BCUT2D eigenvalue weighted by Gasteiger charge is -2.30. The van der Waals surface area contributed by atoms with E-state index in [9.17, 15) is 22.4 Å². The third-order valence-electron chi connectivity index (χ3n) is 5.97. The predicted molar refractivity (Wildman–Crippen MR) is 137 cm³/mol. The number of sulfonamides is 1. The zero-order valence-corrected chi connectivity index (χ0v) is 21.9. The van der Waals surface area contributed by atoms with E-state index in [1.165, 1.54) is 21.3 Å². The summed E-state index contributed by atoms with van der Waals surface area (Å²) in [5.41, 5.74) is 2.09. The van der Waals surface area contributed by atoms with E-state index in [0.717, 1.165) is 18.2 Å². The summed E-state index contributed by atoms with van der Waals surface area (Å²) in [5.74, 6) is -0.932. The van der Waals surface area contributed by atoms with Crippen molar-refractivity contribution < 1.29 is 22.4 Å². The molecular weight excluding hydrogens is 469 g/mol. The molecule has 1 N–H and O–H groups in total. The van der Waals surface area contributed by atoms with Crippen LogP contribution < -0.4 is 9.62 Å². The molecule has 2 rings (SSSR count). The van der Waals surface area contributed by atoms with Gasteiger partial charge in [-0.05, 0) is 62.9 Å². The average Bonchev–Trinajstić information content (AvgIpc) is 2.80. The number of nitrogens with one attached hydrogen (secondary N) is 1. The number of rotatable bonds is 12. The van der Waals surface area contributed by atoms with Crippen molar-refractivity contribution in [3.8, 4) is 0 Å². The minimum Gasteiger partial charge on any atom is -0.352 e. The lowest BCUT2D eigenvalue weighted by molar-refractivity contribution is -0.140. The van der Waals surface area contributed by atoms with Crippen molar-refractivity contribution >= 4 is 27.5 Å². The number of anilines is 1. The van der Waals surface area contributed by atoms with Gasteiger partial charge in [-0.1, -0.05) is 37.3 Å². The first-order valence-corrected chi connectivity index (χ1v) is 13.7. The molecule has 0 unspecified atom stereocenters. The fourth-order valence-electron chi connectivity index (χ4n) is 3.66. The molecule has 2 aromatic carbocycles.